The largest absolute Gasteiger partial charge is 0.376 e. The third-order valence-electron chi connectivity index (χ3n) is 7.66. The van der Waals surface area contributed by atoms with Crippen LogP contribution in [0, 0.1) is 19.8 Å². The summed E-state index contributed by atoms with van der Waals surface area (Å²) in [6, 6.07) is 6.41. The third-order valence-corrected chi connectivity index (χ3v) is 7.66. The molecule has 0 unspecified atom stereocenters. The number of hydrogen-bond acceptors (Lipinski definition) is 5. The molecular weight excluding hydrogens is 442 g/mol. The first-order valence-electron chi connectivity index (χ1n) is 12.9. The molecule has 2 aromatic rings. The molecule has 3 fully saturated rings. The lowest BCUT2D eigenvalue weighted by Gasteiger charge is -2.36. The molecular formula is C27H37N5O3. The molecule has 0 spiro atoms. The van der Waals surface area contributed by atoms with E-state index in [1.165, 1.54) is 0 Å². The van der Waals surface area contributed by atoms with Crippen LogP contribution >= 0.6 is 0 Å². The smallest absolute Gasteiger partial charge is 0.230 e. The monoisotopic (exact) mass is 479 g/mol. The lowest BCUT2D eigenvalue weighted by molar-refractivity contribution is -0.128. The Labute approximate surface area is 207 Å². The molecule has 1 aliphatic heterocycles. The molecule has 5 rings (SSSR count). The van der Waals surface area contributed by atoms with Crippen molar-refractivity contribution in [2.24, 2.45) is 5.92 Å². The third kappa shape index (κ3) is 4.85. The van der Waals surface area contributed by atoms with Gasteiger partial charge in [-0.25, -0.2) is 0 Å². The number of hydrogen-bond donors (Lipinski definition) is 1. The first kappa shape index (κ1) is 24.0. The van der Waals surface area contributed by atoms with Crippen LogP contribution in [0.2, 0.25) is 0 Å². The molecule has 2 heterocycles. The van der Waals surface area contributed by atoms with Crippen LogP contribution in [0.4, 0.5) is 5.69 Å². The minimum Gasteiger partial charge on any atom is -0.376 e. The normalized spacial score (nSPS) is 26.2. The molecule has 2 aliphatic carbocycles. The fourth-order valence-electron chi connectivity index (χ4n) is 5.59. The Morgan fingerprint density at radius 3 is 2.43 bits per heavy atom. The maximum Gasteiger partial charge on any atom is 0.230 e. The minimum atomic E-state index is -0.368. The molecule has 1 saturated heterocycles. The van der Waals surface area contributed by atoms with E-state index in [4.69, 9.17) is 4.74 Å². The van der Waals surface area contributed by atoms with E-state index in [2.05, 4.69) is 40.0 Å². The van der Waals surface area contributed by atoms with Crippen molar-refractivity contribution in [3.8, 4) is 0 Å². The van der Waals surface area contributed by atoms with Crippen LogP contribution in [-0.2, 0) is 14.3 Å². The van der Waals surface area contributed by atoms with Crippen LogP contribution in [0.25, 0.3) is 0 Å². The molecule has 1 aromatic carbocycles. The summed E-state index contributed by atoms with van der Waals surface area (Å²) in [5.74, 6) is 1.62. The van der Waals surface area contributed by atoms with Gasteiger partial charge in [0.25, 0.3) is 0 Å². The van der Waals surface area contributed by atoms with Gasteiger partial charge in [-0.3, -0.25) is 9.59 Å². The quantitative estimate of drug-likeness (QED) is 0.646. The molecule has 8 heteroatoms. The van der Waals surface area contributed by atoms with E-state index in [1.807, 2.05) is 26.0 Å². The molecule has 1 N–H and O–H groups in total. The number of carbonyl (C=O) groups excluding carboxylic acids is 2. The number of amides is 2. The highest BCUT2D eigenvalue weighted by atomic mass is 16.5. The van der Waals surface area contributed by atoms with E-state index in [0.717, 1.165) is 54.1 Å². The second-order valence-corrected chi connectivity index (χ2v) is 10.9. The molecule has 2 amide bonds. The Balaban J connectivity index is 1.40. The van der Waals surface area contributed by atoms with Gasteiger partial charge in [0.2, 0.25) is 11.8 Å². The van der Waals surface area contributed by atoms with Crippen LogP contribution in [0.15, 0.2) is 18.2 Å². The Morgan fingerprint density at radius 2 is 1.80 bits per heavy atom. The van der Waals surface area contributed by atoms with Crippen molar-refractivity contribution in [1.82, 2.24) is 19.7 Å². The minimum absolute atomic E-state index is 0.0119. The zero-order chi connectivity index (χ0) is 24.9. The number of benzene rings is 1. The summed E-state index contributed by atoms with van der Waals surface area (Å²) in [5, 5.41) is 12.4. The van der Waals surface area contributed by atoms with Gasteiger partial charge in [-0.05, 0) is 65.0 Å². The van der Waals surface area contributed by atoms with Crippen LogP contribution < -0.4 is 5.32 Å². The summed E-state index contributed by atoms with van der Waals surface area (Å²) in [6.07, 6.45) is 4.65. The van der Waals surface area contributed by atoms with Crippen molar-refractivity contribution in [1.29, 1.82) is 0 Å². The fraction of sp³-hybridized carbons (Fsp3) is 0.630. The number of likely N-dealkylation sites (tertiary alicyclic amines) is 1. The molecule has 35 heavy (non-hydrogen) atoms. The molecule has 1 aromatic heterocycles. The van der Waals surface area contributed by atoms with Crippen molar-refractivity contribution < 1.29 is 14.3 Å². The average molecular weight is 480 g/mol. The van der Waals surface area contributed by atoms with Crippen molar-refractivity contribution in [3.05, 3.63) is 41.0 Å². The average Bonchev–Trinajstić information content (AvgIpc) is 3.35. The summed E-state index contributed by atoms with van der Waals surface area (Å²) >= 11 is 0. The van der Waals surface area contributed by atoms with Crippen molar-refractivity contribution in [2.75, 3.05) is 18.4 Å². The van der Waals surface area contributed by atoms with Crippen LogP contribution in [-0.4, -0.2) is 56.8 Å². The van der Waals surface area contributed by atoms with E-state index in [9.17, 15) is 9.59 Å². The second-order valence-electron chi connectivity index (χ2n) is 10.9. The molecule has 0 bridgehead atoms. The lowest BCUT2D eigenvalue weighted by atomic mass is 9.81. The van der Waals surface area contributed by atoms with Gasteiger partial charge >= 0.3 is 0 Å². The van der Waals surface area contributed by atoms with Gasteiger partial charge in [0.1, 0.15) is 11.6 Å². The van der Waals surface area contributed by atoms with Gasteiger partial charge in [0.15, 0.2) is 0 Å². The van der Waals surface area contributed by atoms with E-state index in [1.54, 1.807) is 11.8 Å². The number of nitrogens with one attached hydrogen (secondary N) is 1. The maximum absolute atomic E-state index is 13.5. The van der Waals surface area contributed by atoms with Crippen LogP contribution in [0.5, 0.6) is 0 Å². The van der Waals surface area contributed by atoms with Crippen LogP contribution in [0.3, 0.4) is 0 Å². The number of anilines is 1. The summed E-state index contributed by atoms with van der Waals surface area (Å²) in [6.45, 7) is 10.7. The van der Waals surface area contributed by atoms with Crippen molar-refractivity contribution in [3.63, 3.8) is 0 Å². The topological polar surface area (TPSA) is 89.3 Å². The highest BCUT2D eigenvalue weighted by Gasteiger charge is 2.46. The number of rotatable bonds is 7. The highest BCUT2D eigenvalue weighted by Crippen LogP contribution is 2.46. The van der Waals surface area contributed by atoms with E-state index in [0.29, 0.717) is 25.0 Å². The molecule has 0 radical (unpaired) electrons. The Bertz CT molecular complexity index is 1120. The number of nitrogens with zero attached hydrogens (tertiary/aromatic N) is 4. The number of ether oxygens (including phenoxy) is 1. The van der Waals surface area contributed by atoms with Gasteiger partial charge in [0, 0.05) is 37.7 Å². The number of aryl methyl sites for hydroxylation is 2. The Morgan fingerprint density at radius 1 is 1.09 bits per heavy atom. The molecule has 8 nitrogen and oxygen atoms in total. The van der Waals surface area contributed by atoms with Crippen molar-refractivity contribution >= 4 is 17.5 Å². The molecule has 2 saturated carbocycles. The molecule has 3 aliphatic rings. The van der Waals surface area contributed by atoms with E-state index >= 15 is 0 Å². The standard InChI is InChI=1S/C27H37N5O3/c1-15(2)35-21-11-19(12-21)25-29-30-26(32(25)20-7-8-20)22-13-31(18(5)33)14-23(22)27(34)28-24-9-6-16(3)10-17(24)4/h6,9-10,15,19-23H,7-8,11-14H2,1-5H3,(H,28,34)/t19-,21-,22-,23-/m0/s1. The summed E-state index contributed by atoms with van der Waals surface area (Å²) in [4.78, 5) is 27.6. The van der Waals surface area contributed by atoms with Gasteiger partial charge in [0.05, 0.1) is 24.0 Å². The van der Waals surface area contributed by atoms with Crippen molar-refractivity contribution in [2.45, 2.75) is 90.4 Å². The first-order valence-corrected chi connectivity index (χ1v) is 12.9. The lowest BCUT2D eigenvalue weighted by Crippen LogP contribution is -2.34. The highest BCUT2D eigenvalue weighted by molar-refractivity contribution is 5.94. The molecule has 188 valence electrons. The number of aromatic nitrogens is 3. The van der Waals surface area contributed by atoms with Crippen LogP contribution in [0.1, 0.15) is 87.1 Å². The van der Waals surface area contributed by atoms with E-state index in [-0.39, 0.29) is 35.9 Å². The second kappa shape index (κ2) is 9.37. The SMILES string of the molecule is CC(=O)N1C[C@H](C(=O)Nc2ccc(C)cc2C)[C@@H](c2nnc([C@H]3C[C@H](OC(C)C)C3)n2C2CC2)C1. The molecule has 2 atom stereocenters. The zero-order valence-electron chi connectivity index (χ0n) is 21.5. The Hall–Kier alpha value is -2.74. The fourth-order valence-corrected chi connectivity index (χ4v) is 5.59. The Kier molecular flexibility index (Phi) is 6.42. The summed E-state index contributed by atoms with van der Waals surface area (Å²) in [7, 11) is 0. The first-order chi connectivity index (χ1) is 16.7. The van der Waals surface area contributed by atoms with Gasteiger partial charge in [-0.2, -0.15) is 0 Å². The predicted octanol–water partition coefficient (Wildman–Crippen LogP) is 4.10. The summed E-state index contributed by atoms with van der Waals surface area (Å²) in [5.41, 5.74) is 3.00. The van der Waals surface area contributed by atoms with Gasteiger partial charge < -0.3 is 19.5 Å². The summed E-state index contributed by atoms with van der Waals surface area (Å²) < 4.78 is 8.28. The number of carbonyl (C=O) groups is 2. The van der Waals surface area contributed by atoms with E-state index < -0.39 is 0 Å². The zero-order valence-corrected chi connectivity index (χ0v) is 21.5. The van der Waals surface area contributed by atoms with Gasteiger partial charge in [-0.15, -0.1) is 10.2 Å². The maximum atomic E-state index is 13.5. The van der Waals surface area contributed by atoms with Gasteiger partial charge in [-0.1, -0.05) is 17.7 Å². The predicted molar refractivity (Wildman–Crippen MR) is 133 cm³/mol.